The molecule has 0 radical (unpaired) electrons. The van der Waals surface area contributed by atoms with Crippen molar-refractivity contribution in [1.29, 1.82) is 0 Å². The average molecular weight is 442 g/mol. The first-order valence-corrected chi connectivity index (χ1v) is 12.4. The van der Waals surface area contributed by atoms with Crippen molar-refractivity contribution in [2.24, 2.45) is 11.8 Å². The number of nitrogens with zero attached hydrogens (tertiary/aromatic N) is 5. The molecule has 2 aliphatic heterocycles. The summed E-state index contributed by atoms with van der Waals surface area (Å²) >= 11 is 1.72. The standard InChI is InChI=1S/C23H31N5O2S/c1-15-16(2)31-21-19(15)20(24-14-25-21)26-8-6-18(7-9-26)23(30)28-12-10-27(11-13-28)22(29)17-4-3-5-17/h14,17-18H,3-13H2,1-2H3. The number of thiophene rings is 1. The maximum Gasteiger partial charge on any atom is 0.225 e. The van der Waals surface area contributed by atoms with E-state index in [2.05, 4.69) is 28.7 Å². The third-order valence-electron chi connectivity index (χ3n) is 7.45. The van der Waals surface area contributed by atoms with Crippen LogP contribution in [0.1, 0.15) is 42.5 Å². The number of aromatic nitrogens is 2. The van der Waals surface area contributed by atoms with Crippen LogP contribution in [0.4, 0.5) is 5.82 Å². The van der Waals surface area contributed by atoms with E-state index in [4.69, 9.17) is 0 Å². The van der Waals surface area contributed by atoms with Gasteiger partial charge in [0.25, 0.3) is 0 Å². The van der Waals surface area contributed by atoms with Gasteiger partial charge in [-0.25, -0.2) is 9.97 Å². The molecule has 0 spiro atoms. The second kappa shape index (κ2) is 8.37. The molecule has 0 aromatic carbocycles. The van der Waals surface area contributed by atoms with E-state index in [0.29, 0.717) is 32.1 Å². The van der Waals surface area contributed by atoms with Crippen LogP contribution in [0, 0.1) is 25.7 Å². The molecule has 1 aliphatic carbocycles. The lowest BCUT2D eigenvalue weighted by Crippen LogP contribution is -2.54. The molecule has 31 heavy (non-hydrogen) atoms. The molecule has 3 fully saturated rings. The van der Waals surface area contributed by atoms with Gasteiger partial charge < -0.3 is 14.7 Å². The second-order valence-corrected chi connectivity index (χ2v) is 10.4. The van der Waals surface area contributed by atoms with Crippen molar-refractivity contribution in [2.45, 2.75) is 46.0 Å². The number of hydrogen-bond acceptors (Lipinski definition) is 6. The summed E-state index contributed by atoms with van der Waals surface area (Å²) in [6, 6.07) is 0. The Labute approximate surface area is 187 Å². The number of piperazine rings is 1. The van der Waals surface area contributed by atoms with Crippen molar-refractivity contribution in [3.63, 3.8) is 0 Å². The number of amides is 2. The van der Waals surface area contributed by atoms with Gasteiger partial charge in [-0.15, -0.1) is 11.3 Å². The molecule has 4 heterocycles. The molecule has 2 aromatic rings. The number of piperidine rings is 1. The molecule has 0 atom stereocenters. The Bertz CT molecular complexity index is 985. The number of anilines is 1. The Morgan fingerprint density at radius 3 is 2.00 bits per heavy atom. The monoisotopic (exact) mass is 441 g/mol. The van der Waals surface area contributed by atoms with E-state index in [1.165, 1.54) is 22.2 Å². The number of hydrogen-bond donors (Lipinski definition) is 0. The minimum atomic E-state index is 0.0766. The van der Waals surface area contributed by atoms with E-state index in [0.717, 1.165) is 49.4 Å². The lowest BCUT2D eigenvalue weighted by atomic mass is 9.84. The minimum Gasteiger partial charge on any atom is -0.356 e. The molecule has 2 aromatic heterocycles. The highest BCUT2D eigenvalue weighted by molar-refractivity contribution is 7.18. The molecular weight excluding hydrogens is 410 g/mol. The van der Waals surface area contributed by atoms with Gasteiger partial charge in [0.15, 0.2) is 0 Å². The highest BCUT2D eigenvalue weighted by Crippen LogP contribution is 2.36. The lowest BCUT2D eigenvalue weighted by molar-refractivity contribution is -0.145. The van der Waals surface area contributed by atoms with Crippen molar-refractivity contribution < 1.29 is 9.59 Å². The number of carbonyl (C=O) groups excluding carboxylic acids is 2. The van der Waals surface area contributed by atoms with Gasteiger partial charge in [-0.05, 0) is 45.1 Å². The molecule has 0 bridgehead atoms. The molecule has 2 amide bonds. The van der Waals surface area contributed by atoms with E-state index in [9.17, 15) is 9.59 Å². The van der Waals surface area contributed by atoms with Crippen LogP contribution in [0.5, 0.6) is 0 Å². The Hall–Kier alpha value is -2.22. The molecule has 7 nitrogen and oxygen atoms in total. The smallest absolute Gasteiger partial charge is 0.225 e. The van der Waals surface area contributed by atoms with Gasteiger partial charge >= 0.3 is 0 Å². The van der Waals surface area contributed by atoms with E-state index < -0.39 is 0 Å². The van der Waals surface area contributed by atoms with Crippen LogP contribution in [0.3, 0.4) is 0 Å². The summed E-state index contributed by atoms with van der Waals surface area (Å²) in [5.41, 5.74) is 1.27. The summed E-state index contributed by atoms with van der Waals surface area (Å²) in [6.45, 7) is 8.70. The Morgan fingerprint density at radius 1 is 0.871 bits per heavy atom. The largest absolute Gasteiger partial charge is 0.356 e. The van der Waals surface area contributed by atoms with Crippen molar-refractivity contribution in [2.75, 3.05) is 44.2 Å². The Kier molecular flexibility index (Phi) is 5.58. The van der Waals surface area contributed by atoms with Gasteiger partial charge in [0, 0.05) is 56.0 Å². The van der Waals surface area contributed by atoms with Crippen LogP contribution in [0.25, 0.3) is 10.2 Å². The Morgan fingerprint density at radius 2 is 1.45 bits per heavy atom. The fourth-order valence-electron chi connectivity index (χ4n) is 5.06. The summed E-state index contributed by atoms with van der Waals surface area (Å²) in [6.07, 6.45) is 6.63. The van der Waals surface area contributed by atoms with E-state index in [1.807, 2.05) is 9.80 Å². The third kappa shape index (κ3) is 3.79. The SMILES string of the molecule is Cc1sc2ncnc(N3CCC(C(=O)N4CCN(C(=O)C5CCC5)CC4)CC3)c2c1C. The molecular formula is C23H31N5O2S. The van der Waals surface area contributed by atoms with Crippen molar-refractivity contribution >= 4 is 39.2 Å². The molecule has 2 saturated heterocycles. The van der Waals surface area contributed by atoms with Crippen molar-refractivity contribution in [1.82, 2.24) is 19.8 Å². The van der Waals surface area contributed by atoms with Gasteiger partial charge in [-0.2, -0.15) is 0 Å². The molecule has 166 valence electrons. The van der Waals surface area contributed by atoms with E-state index >= 15 is 0 Å². The van der Waals surface area contributed by atoms with Crippen LogP contribution in [-0.2, 0) is 9.59 Å². The lowest BCUT2D eigenvalue weighted by Gasteiger charge is -2.40. The average Bonchev–Trinajstić information content (AvgIpc) is 3.06. The maximum atomic E-state index is 13.1. The molecule has 8 heteroatoms. The van der Waals surface area contributed by atoms with Crippen molar-refractivity contribution in [3.8, 4) is 0 Å². The first-order chi connectivity index (χ1) is 15.0. The first-order valence-electron chi connectivity index (χ1n) is 11.6. The fourth-order valence-corrected chi connectivity index (χ4v) is 6.05. The van der Waals surface area contributed by atoms with Gasteiger partial charge in [-0.3, -0.25) is 9.59 Å². The Balaban J connectivity index is 1.18. The van der Waals surface area contributed by atoms with Crippen LogP contribution >= 0.6 is 11.3 Å². The highest BCUT2D eigenvalue weighted by Gasteiger charge is 2.34. The zero-order valence-corrected chi connectivity index (χ0v) is 19.3. The third-order valence-corrected chi connectivity index (χ3v) is 8.56. The molecule has 5 rings (SSSR count). The predicted molar refractivity (Wildman–Crippen MR) is 122 cm³/mol. The fraction of sp³-hybridized carbons (Fsp3) is 0.652. The van der Waals surface area contributed by atoms with Crippen LogP contribution < -0.4 is 4.90 Å². The summed E-state index contributed by atoms with van der Waals surface area (Å²) < 4.78 is 0. The predicted octanol–water partition coefficient (Wildman–Crippen LogP) is 3.00. The molecule has 3 aliphatic rings. The maximum absolute atomic E-state index is 13.1. The first kappa shape index (κ1) is 20.7. The van der Waals surface area contributed by atoms with Gasteiger partial charge in [-0.1, -0.05) is 6.42 Å². The van der Waals surface area contributed by atoms with Crippen LogP contribution in [0.15, 0.2) is 6.33 Å². The van der Waals surface area contributed by atoms with E-state index in [-0.39, 0.29) is 17.7 Å². The number of rotatable bonds is 3. The molecule has 1 saturated carbocycles. The number of carbonyl (C=O) groups is 2. The molecule has 0 N–H and O–H groups in total. The van der Waals surface area contributed by atoms with Crippen molar-refractivity contribution in [3.05, 3.63) is 16.8 Å². The van der Waals surface area contributed by atoms with Gasteiger partial charge in [0.1, 0.15) is 17.0 Å². The number of aryl methyl sites for hydroxylation is 2. The van der Waals surface area contributed by atoms with Crippen LogP contribution in [-0.4, -0.2) is 70.9 Å². The summed E-state index contributed by atoms with van der Waals surface area (Å²) in [7, 11) is 0. The second-order valence-electron chi connectivity index (χ2n) is 9.20. The summed E-state index contributed by atoms with van der Waals surface area (Å²) in [5, 5.41) is 1.17. The zero-order chi connectivity index (χ0) is 21.5. The summed E-state index contributed by atoms with van der Waals surface area (Å²) in [4.78, 5) is 43.3. The zero-order valence-electron chi connectivity index (χ0n) is 18.5. The molecule has 0 unspecified atom stereocenters. The topological polar surface area (TPSA) is 69.6 Å². The minimum absolute atomic E-state index is 0.0766. The number of fused-ring (bicyclic) bond motifs is 1. The highest BCUT2D eigenvalue weighted by atomic mass is 32.1. The normalized spacial score (nSPS) is 20.9. The van der Waals surface area contributed by atoms with Gasteiger partial charge in [0.05, 0.1) is 5.39 Å². The summed E-state index contributed by atoms with van der Waals surface area (Å²) in [5.74, 6) is 1.91. The van der Waals surface area contributed by atoms with Crippen LogP contribution in [0.2, 0.25) is 0 Å². The van der Waals surface area contributed by atoms with E-state index in [1.54, 1.807) is 17.7 Å². The quantitative estimate of drug-likeness (QED) is 0.732. The van der Waals surface area contributed by atoms with Gasteiger partial charge in [0.2, 0.25) is 11.8 Å².